The molecule has 0 radical (unpaired) electrons. The van der Waals surface area contributed by atoms with Crippen LogP contribution in [-0.4, -0.2) is 16.3 Å². The number of hydrogen-bond acceptors (Lipinski definition) is 2. The van der Waals surface area contributed by atoms with Gasteiger partial charge in [-0.25, -0.2) is 0 Å². The zero-order valence-electron chi connectivity index (χ0n) is 10.8. The summed E-state index contributed by atoms with van der Waals surface area (Å²) >= 11 is 5.37. The number of hydrogen-bond donors (Lipinski definition) is 1. The molecule has 0 aromatic heterocycles. The van der Waals surface area contributed by atoms with E-state index in [2.05, 4.69) is 12.2 Å². The van der Waals surface area contributed by atoms with Gasteiger partial charge in [0.2, 0.25) is 0 Å². The predicted molar refractivity (Wildman–Crippen MR) is 73.0 cm³/mol. The number of thiocarbonyl (C=S) groups is 1. The number of fused-ring (bicyclic) bond motifs is 2. The summed E-state index contributed by atoms with van der Waals surface area (Å²) in [6, 6.07) is 0. The van der Waals surface area contributed by atoms with Gasteiger partial charge < -0.3 is 10.1 Å². The minimum Gasteiger partial charge on any atom is -0.464 e. The Morgan fingerprint density at radius 3 is 2.59 bits per heavy atom. The van der Waals surface area contributed by atoms with Gasteiger partial charge in [-0.2, -0.15) is 0 Å². The summed E-state index contributed by atoms with van der Waals surface area (Å²) in [4.78, 5) is 0. The van der Waals surface area contributed by atoms with Crippen molar-refractivity contribution in [1.29, 1.82) is 0 Å². The second kappa shape index (κ2) is 4.11. The smallest absolute Gasteiger partial charge is 0.257 e. The first kappa shape index (κ1) is 11.8. The molecule has 1 spiro atoms. The average molecular weight is 253 g/mol. The molecule has 2 atom stereocenters. The molecule has 1 N–H and O–H groups in total. The molecule has 1 saturated heterocycles. The Morgan fingerprint density at radius 1 is 1.12 bits per heavy atom. The summed E-state index contributed by atoms with van der Waals surface area (Å²) < 4.78 is 6.03. The van der Waals surface area contributed by atoms with Crippen molar-refractivity contribution in [1.82, 2.24) is 5.32 Å². The quantitative estimate of drug-likeness (QED) is 0.667. The van der Waals surface area contributed by atoms with Gasteiger partial charge in [0.1, 0.15) is 5.60 Å². The van der Waals surface area contributed by atoms with E-state index in [-0.39, 0.29) is 11.1 Å². The van der Waals surface area contributed by atoms with Crippen LogP contribution in [0.3, 0.4) is 0 Å². The molecule has 0 bridgehead atoms. The Balaban J connectivity index is 1.93. The molecule has 96 valence electrons. The fraction of sp³-hybridized carbons (Fsp3) is 0.929. The van der Waals surface area contributed by atoms with E-state index >= 15 is 0 Å². The maximum atomic E-state index is 6.03. The third-order valence-electron chi connectivity index (χ3n) is 5.24. The van der Waals surface area contributed by atoms with Gasteiger partial charge in [-0.1, -0.05) is 25.7 Å². The van der Waals surface area contributed by atoms with Gasteiger partial charge in [0, 0.05) is 11.5 Å². The largest absolute Gasteiger partial charge is 0.464 e. The molecule has 0 amide bonds. The summed E-state index contributed by atoms with van der Waals surface area (Å²) in [5.74, 6) is 0.663. The fourth-order valence-corrected chi connectivity index (χ4v) is 4.86. The highest BCUT2D eigenvalue weighted by Gasteiger charge is 2.55. The Hall–Kier alpha value is -0.310. The molecule has 2 aliphatic carbocycles. The molecular formula is C14H23NOS. The lowest BCUT2D eigenvalue weighted by atomic mass is 9.61. The summed E-state index contributed by atoms with van der Waals surface area (Å²) in [7, 11) is 0. The van der Waals surface area contributed by atoms with E-state index in [1.807, 2.05) is 0 Å². The van der Waals surface area contributed by atoms with Crippen molar-refractivity contribution >= 4 is 17.4 Å². The van der Waals surface area contributed by atoms with Crippen LogP contribution in [0.15, 0.2) is 0 Å². The Morgan fingerprint density at radius 2 is 1.82 bits per heavy atom. The maximum Gasteiger partial charge on any atom is 0.257 e. The highest BCUT2D eigenvalue weighted by Crippen LogP contribution is 2.50. The first-order chi connectivity index (χ1) is 8.15. The monoisotopic (exact) mass is 253 g/mol. The number of rotatable bonds is 0. The lowest BCUT2D eigenvalue weighted by Gasteiger charge is -2.57. The van der Waals surface area contributed by atoms with Crippen LogP contribution in [0.4, 0.5) is 0 Å². The minimum atomic E-state index is 0.0118. The predicted octanol–water partition coefficient (Wildman–Crippen LogP) is 3.54. The van der Waals surface area contributed by atoms with Crippen molar-refractivity contribution in [2.24, 2.45) is 5.92 Å². The Labute approximate surface area is 109 Å². The van der Waals surface area contributed by atoms with Gasteiger partial charge in [0.15, 0.2) is 0 Å². The van der Waals surface area contributed by atoms with Gasteiger partial charge in [-0.3, -0.25) is 0 Å². The van der Waals surface area contributed by atoms with Crippen molar-refractivity contribution < 1.29 is 4.74 Å². The molecule has 1 heterocycles. The molecule has 0 aromatic carbocycles. The minimum absolute atomic E-state index is 0.0118. The Bertz CT molecular complexity index is 324. The lowest BCUT2D eigenvalue weighted by Crippen LogP contribution is -2.67. The third kappa shape index (κ3) is 1.87. The van der Waals surface area contributed by atoms with Gasteiger partial charge >= 0.3 is 0 Å². The van der Waals surface area contributed by atoms with E-state index in [1.54, 1.807) is 0 Å². The molecule has 3 rings (SSSR count). The topological polar surface area (TPSA) is 21.3 Å². The molecule has 17 heavy (non-hydrogen) atoms. The molecule has 1 aliphatic heterocycles. The van der Waals surface area contributed by atoms with E-state index in [9.17, 15) is 0 Å². The summed E-state index contributed by atoms with van der Waals surface area (Å²) in [6.45, 7) is 2.29. The molecular weight excluding hydrogens is 230 g/mol. The van der Waals surface area contributed by atoms with E-state index in [4.69, 9.17) is 17.0 Å². The van der Waals surface area contributed by atoms with E-state index in [1.165, 1.54) is 57.8 Å². The summed E-state index contributed by atoms with van der Waals surface area (Å²) in [5.41, 5.74) is 0.278. The highest BCUT2D eigenvalue weighted by atomic mass is 32.1. The molecule has 3 fully saturated rings. The van der Waals surface area contributed by atoms with Crippen LogP contribution in [0.2, 0.25) is 0 Å². The Kier molecular flexibility index (Phi) is 2.85. The lowest BCUT2D eigenvalue weighted by molar-refractivity contribution is -0.0950. The van der Waals surface area contributed by atoms with Crippen molar-refractivity contribution in [3.8, 4) is 0 Å². The molecule has 2 unspecified atom stereocenters. The van der Waals surface area contributed by atoms with E-state index in [0.29, 0.717) is 11.1 Å². The fourth-order valence-electron chi connectivity index (χ4n) is 4.47. The van der Waals surface area contributed by atoms with Crippen LogP contribution in [0.25, 0.3) is 0 Å². The van der Waals surface area contributed by atoms with Crippen molar-refractivity contribution in [3.05, 3.63) is 0 Å². The van der Waals surface area contributed by atoms with Crippen molar-refractivity contribution in [2.75, 3.05) is 0 Å². The molecule has 2 nitrogen and oxygen atoms in total. The third-order valence-corrected chi connectivity index (χ3v) is 5.43. The first-order valence-electron chi connectivity index (χ1n) is 7.16. The van der Waals surface area contributed by atoms with Crippen LogP contribution < -0.4 is 5.32 Å². The summed E-state index contributed by atoms with van der Waals surface area (Å²) in [6.07, 6.45) is 11.8. The number of ether oxygens (including phenoxy) is 1. The second-order valence-corrected chi connectivity index (χ2v) is 6.71. The zero-order chi connectivity index (χ0) is 11.9. The molecule has 2 saturated carbocycles. The van der Waals surface area contributed by atoms with Gasteiger partial charge in [-0.15, -0.1) is 0 Å². The summed E-state index contributed by atoms with van der Waals surface area (Å²) in [5, 5.41) is 4.23. The van der Waals surface area contributed by atoms with E-state index in [0.717, 1.165) is 0 Å². The molecule has 3 heteroatoms. The van der Waals surface area contributed by atoms with Crippen molar-refractivity contribution in [3.63, 3.8) is 0 Å². The van der Waals surface area contributed by atoms with Crippen molar-refractivity contribution in [2.45, 2.75) is 75.9 Å². The molecule has 0 aromatic rings. The highest BCUT2D eigenvalue weighted by molar-refractivity contribution is 7.80. The van der Waals surface area contributed by atoms with Crippen LogP contribution in [-0.2, 0) is 4.74 Å². The van der Waals surface area contributed by atoms with Gasteiger partial charge in [0.05, 0.1) is 0 Å². The van der Waals surface area contributed by atoms with Gasteiger partial charge in [-0.05, 0) is 51.2 Å². The van der Waals surface area contributed by atoms with Crippen LogP contribution >= 0.6 is 12.2 Å². The van der Waals surface area contributed by atoms with E-state index < -0.39 is 0 Å². The maximum absolute atomic E-state index is 6.03. The van der Waals surface area contributed by atoms with Gasteiger partial charge in [0.25, 0.3) is 5.17 Å². The van der Waals surface area contributed by atoms with Crippen LogP contribution in [0.5, 0.6) is 0 Å². The molecule has 3 aliphatic rings. The van der Waals surface area contributed by atoms with Crippen LogP contribution in [0.1, 0.15) is 64.7 Å². The first-order valence-corrected chi connectivity index (χ1v) is 7.57. The number of nitrogens with one attached hydrogen (secondary N) is 1. The standard InChI is InChI=1S/C14H23NOS/c1-13-8-6-3-7-11(13)14(15-12(17)16-13)9-4-2-5-10-14/h11H,2-10H2,1H3,(H,15,17). The average Bonchev–Trinajstić information content (AvgIpc) is 2.28. The second-order valence-electron chi connectivity index (χ2n) is 6.34. The zero-order valence-corrected chi connectivity index (χ0v) is 11.6. The van der Waals surface area contributed by atoms with Crippen LogP contribution in [0, 0.1) is 5.92 Å². The normalized spacial score (nSPS) is 40.3. The SMILES string of the molecule is CC12CCCCC1C1(CCCCC1)NC(=S)O2.